The molecule has 0 spiro atoms. The van der Waals surface area contributed by atoms with E-state index in [0.717, 1.165) is 27.9 Å². The maximum absolute atomic E-state index is 13.1. The predicted octanol–water partition coefficient (Wildman–Crippen LogP) is 6.20. The molecular formula is C32H33F3N6O3S. The number of amides is 1. The first kappa shape index (κ1) is 32.2. The van der Waals surface area contributed by atoms with Gasteiger partial charge in [-0.25, -0.2) is 14.7 Å². The van der Waals surface area contributed by atoms with Gasteiger partial charge in [-0.3, -0.25) is 15.0 Å². The van der Waals surface area contributed by atoms with Gasteiger partial charge >= 0.3 is 6.36 Å². The molecule has 9 nitrogen and oxygen atoms in total. The van der Waals surface area contributed by atoms with Crippen molar-refractivity contribution in [3.63, 3.8) is 0 Å². The van der Waals surface area contributed by atoms with E-state index in [9.17, 15) is 23.1 Å². The molecule has 1 amide bonds. The number of carbonyl (C=O) groups is 1. The van der Waals surface area contributed by atoms with Crippen LogP contribution in [0.4, 0.5) is 18.9 Å². The number of ether oxygens (including phenoxy) is 1. The quantitative estimate of drug-likeness (QED) is 0.200. The van der Waals surface area contributed by atoms with Crippen LogP contribution in [0, 0.1) is 6.92 Å². The molecule has 45 heavy (non-hydrogen) atoms. The molecule has 1 aliphatic rings. The van der Waals surface area contributed by atoms with Gasteiger partial charge in [0.05, 0.1) is 16.6 Å². The number of hydrogen-bond acceptors (Lipinski definition) is 8. The number of benzene rings is 3. The van der Waals surface area contributed by atoms with Crippen molar-refractivity contribution in [2.75, 3.05) is 11.4 Å². The maximum atomic E-state index is 13.1. The molecule has 0 saturated carbocycles. The van der Waals surface area contributed by atoms with Crippen molar-refractivity contribution >= 4 is 28.5 Å². The van der Waals surface area contributed by atoms with Crippen LogP contribution in [-0.4, -0.2) is 55.5 Å². The lowest BCUT2D eigenvalue weighted by Crippen LogP contribution is -2.35. The Morgan fingerprint density at radius 1 is 1.09 bits per heavy atom. The third-order valence-electron chi connectivity index (χ3n) is 7.10. The molecule has 0 bridgehead atoms. The first-order valence-corrected chi connectivity index (χ1v) is 15.2. The number of nitrogens with one attached hydrogen (secondary N) is 1. The summed E-state index contributed by atoms with van der Waals surface area (Å²) in [5, 5.41) is 18.3. The first-order valence-electron chi connectivity index (χ1n) is 14.4. The SMILES string of the molecule is Cc1ccc(C(C)C)c(N2C(=O)C(C)SC2=NC(O)NCCc2ccc(-c3ncn(-c4ccc(OC(F)(F)F)cc4)n3)cc2)c1. The number of amidine groups is 1. The molecule has 1 aliphatic heterocycles. The standard InChI is InChI=1S/C32H33F3N6O3S/c1-19(2)26-14-5-20(3)17-27(26)41-29(42)21(4)45-31(41)38-30(43)36-16-15-22-6-8-23(9-7-22)28-37-18-40(39-28)24-10-12-25(13-11-24)44-32(33,34)35/h5-14,17-19,21,30,36,43H,15-16H2,1-4H3. The van der Waals surface area contributed by atoms with Gasteiger partial charge in [-0.1, -0.05) is 62.0 Å². The lowest BCUT2D eigenvalue weighted by molar-refractivity contribution is -0.274. The number of aliphatic hydroxyl groups is 1. The third kappa shape index (κ3) is 7.91. The molecule has 1 saturated heterocycles. The average Bonchev–Trinajstić information content (AvgIpc) is 3.57. The minimum Gasteiger partial charge on any atom is -0.406 e. The molecule has 2 atom stereocenters. The van der Waals surface area contributed by atoms with Gasteiger partial charge in [-0.2, -0.15) is 0 Å². The molecular weight excluding hydrogens is 605 g/mol. The summed E-state index contributed by atoms with van der Waals surface area (Å²) >= 11 is 1.33. The highest BCUT2D eigenvalue weighted by molar-refractivity contribution is 8.16. The molecule has 4 aromatic rings. The zero-order valence-corrected chi connectivity index (χ0v) is 25.9. The molecule has 3 aromatic carbocycles. The largest absolute Gasteiger partial charge is 0.573 e. The molecule has 13 heteroatoms. The van der Waals surface area contributed by atoms with Gasteiger partial charge in [-0.05, 0) is 73.2 Å². The van der Waals surface area contributed by atoms with E-state index >= 15 is 0 Å². The predicted molar refractivity (Wildman–Crippen MR) is 168 cm³/mol. The second-order valence-electron chi connectivity index (χ2n) is 10.9. The van der Waals surface area contributed by atoms with Crippen LogP contribution in [0.15, 0.2) is 78.0 Å². The van der Waals surface area contributed by atoms with Gasteiger partial charge in [0.25, 0.3) is 0 Å². The van der Waals surface area contributed by atoms with E-state index in [2.05, 4.69) is 39.0 Å². The van der Waals surface area contributed by atoms with Gasteiger partial charge in [0, 0.05) is 12.1 Å². The normalized spacial score (nSPS) is 17.0. The van der Waals surface area contributed by atoms with E-state index in [1.165, 1.54) is 47.0 Å². The van der Waals surface area contributed by atoms with E-state index < -0.39 is 12.7 Å². The molecule has 5 rings (SSSR count). The van der Waals surface area contributed by atoms with Crippen molar-refractivity contribution in [2.24, 2.45) is 4.99 Å². The van der Waals surface area contributed by atoms with E-state index in [-0.39, 0.29) is 22.8 Å². The number of nitrogens with zero attached hydrogens (tertiary/aromatic N) is 5. The van der Waals surface area contributed by atoms with Crippen LogP contribution in [0.5, 0.6) is 5.75 Å². The van der Waals surface area contributed by atoms with Gasteiger partial charge in [0.2, 0.25) is 12.3 Å². The summed E-state index contributed by atoms with van der Waals surface area (Å²) in [6.45, 7) is 8.42. The smallest absolute Gasteiger partial charge is 0.406 e. The summed E-state index contributed by atoms with van der Waals surface area (Å²) in [5.41, 5.74) is 5.18. The first-order chi connectivity index (χ1) is 21.4. The van der Waals surface area contributed by atoms with Crippen LogP contribution >= 0.6 is 11.8 Å². The molecule has 0 radical (unpaired) electrons. The summed E-state index contributed by atoms with van der Waals surface area (Å²) < 4.78 is 42.6. The number of thioether (sulfide) groups is 1. The number of rotatable bonds is 10. The lowest BCUT2D eigenvalue weighted by Gasteiger charge is -2.23. The number of anilines is 1. The highest BCUT2D eigenvalue weighted by atomic mass is 32.2. The van der Waals surface area contributed by atoms with Crippen LogP contribution in [0.1, 0.15) is 43.4 Å². The highest BCUT2D eigenvalue weighted by Crippen LogP contribution is 2.37. The zero-order valence-electron chi connectivity index (χ0n) is 25.1. The van der Waals surface area contributed by atoms with Crippen molar-refractivity contribution in [1.82, 2.24) is 20.1 Å². The Labute approximate surface area is 263 Å². The second-order valence-corrected chi connectivity index (χ2v) is 12.2. The second kappa shape index (κ2) is 13.4. The summed E-state index contributed by atoms with van der Waals surface area (Å²) in [6, 6.07) is 19.0. The summed E-state index contributed by atoms with van der Waals surface area (Å²) in [4.78, 5) is 23.5. The molecule has 1 fully saturated rings. The Bertz CT molecular complexity index is 1670. The highest BCUT2D eigenvalue weighted by Gasteiger charge is 2.38. The van der Waals surface area contributed by atoms with E-state index in [4.69, 9.17) is 0 Å². The number of aryl methyl sites for hydroxylation is 1. The Morgan fingerprint density at radius 3 is 2.47 bits per heavy atom. The fourth-order valence-corrected chi connectivity index (χ4v) is 5.80. The minimum atomic E-state index is -4.75. The Hall–Kier alpha value is -4.20. The third-order valence-corrected chi connectivity index (χ3v) is 8.16. The molecule has 236 valence electrons. The molecule has 2 heterocycles. The van der Waals surface area contributed by atoms with E-state index in [1.807, 2.05) is 56.3 Å². The van der Waals surface area contributed by atoms with Crippen LogP contribution < -0.4 is 15.0 Å². The topological polar surface area (TPSA) is 105 Å². The number of carbonyl (C=O) groups excluding carboxylic acids is 1. The van der Waals surface area contributed by atoms with Gasteiger partial charge < -0.3 is 9.84 Å². The Morgan fingerprint density at radius 2 is 1.80 bits per heavy atom. The van der Waals surface area contributed by atoms with Gasteiger partial charge in [-0.15, -0.1) is 18.3 Å². The maximum Gasteiger partial charge on any atom is 0.573 e. The monoisotopic (exact) mass is 638 g/mol. The number of alkyl halides is 3. The van der Waals surface area contributed by atoms with Crippen molar-refractivity contribution < 1.29 is 27.8 Å². The molecule has 2 N–H and O–H groups in total. The van der Waals surface area contributed by atoms with Crippen molar-refractivity contribution in [3.8, 4) is 22.8 Å². The van der Waals surface area contributed by atoms with E-state index in [0.29, 0.717) is 29.6 Å². The number of hydrogen-bond donors (Lipinski definition) is 2. The van der Waals surface area contributed by atoms with Crippen molar-refractivity contribution in [1.29, 1.82) is 0 Å². The van der Waals surface area contributed by atoms with Crippen LogP contribution in [0.2, 0.25) is 0 Å². The van der Waals surface area contributed by atoms with Crippen LogP contribution in [0.3, 0.4) is 0 Å². The van der Waals surface area contributed by atoms with Crippen LogP contribution in [0.25, 0.3) is 17.1 Å². The van der Waals surface area contributed by atoms with E-state index in [1.54, 1.807) is 4.90 Å². The van der Waals surface area contributed by atoms with Crippen LogP contribution in [-0.2, 0) is 11.2 Å². The van der Waals surface area contributed by atoms with Gasteiger partial charge in [0.1, 0.15) is 12.1 Å². The zero-order chi connectivity index (χ0) is 32.3. The summed E-state index contributed by atoms with van der Waals surface area (Å²) in [5.74, 6) is 0.284. The number of halogens is 3. The van der Waals surface area contributed by atoms with Crippen molar-refractivity contribution in [3.05, 3.63) is 89.7 Å². The summed E-state index contributed by atoms with van der Waals surface area (Å²) in [7, 11) is 0. The lowest BCUT2D eigenvalue weighted by atomic mass is 9.98. The number of aliphatic imine (C=N–C) groups is 1. The van der Waals surface area contributed by atoms with Crippen molar-refractivity contribution in [2.45, 2.75) is 58.0 Å². The fraction of sp³-hybridized carbons (Fsp3) is 0.312. The number of aliphatic hydroxyl groups excluding tert-OH is 1. The Balaban J connectivity index is 1.19. The molecule has 2 unspecified atom stereocenters. The minimum absolute atomic E-state index is 0.0636. The number of aromatic nitrogens is 3. The summed E-state index contributed by atoms with van der Waals surface area (Å²) in [6.07, 6.45) is -3.86. The fourth-order valence-electron chi connectivity index (χ4n) is 4.82. The molecule has 1 aromatic heterocycles. The Kier molecular flexibility index (Phi) is 9.61. The van der Waals surface area contributed by atoms with Gasteiger partial charge in [0.15, 0.2) is 11.0 Å². The molecule has 0 aliphatic carbocycles. The average molecular weight is 639 g/mol.